The molecule has 0 saturated carbocycles. The molecule has 2 N–H and O–H groups in total. The van der Waals surface area contributed by atoms with Gasteiger partial charge in [-0.1, -0.05) is 11.6 Å². The Bertz CT molecular complexity index is 1490. The molecule has 3 aromatic carbocycles. The second kappa shape index (κ2) is 10.5. The van der Waals surface area contributed by atoms with Gasteiger partial charge in [0.25, 0.3) is 0 Å². The summed E-state index contributed by atoms with van der Waals surface area (Å²) in [5.41, 5.74) is 1.14. The first-order chi connectivity index (χ1) is 17.9. The summed E-state index contributed by atoms with van der Waals surface area (Å²) in [6.07, 6.45) is 1.76. The zero-order valence-corrected chi connectivity index (χ0v) is 20.2. The van der Waals surface area contributed by atoms with Crippen LogP contribution in [0.25, 0.3) is 10.9 Å². The highest BCUT2D eigenvalue weighted by atomic mass is 35.5. The molecule has 2 heterocycles. The van der Waals surface area contributed by atoms with Crippen LogP contribution in [0.4, 0.5) is 30.6 Å². The van der Waals surface area contributed by atoms with Gasteiger partial charge in [-0.2, -0.15) is 0 Å². The van der Waals surface area contributed by atoms with Crippen molar-refractivity contribution in [2.24, 2.45) is 0 Å². The lowest BCUT2D eigenvalue weighted by Crippen LogP contribution is -2.36. The third-order valence-electron chi connectivity index (χ3n) is 5.94. The first-order valence-corrected chi connectivity index (χ1v) is 11.8. The predicted molar refractivity (Wildman–Crippen MR) is 139 cm³/mol. The predicted octanol–water partition coefficient (Wildman–Crippen LogP) is 5.88. The summed E-state index contributed by atoms with van der Waals surface area (Å²) in [4.78, 5) is 32.1. The quantitative estimate of drug-likeness (QED) is 0.320. The van der Waals surface area contributed by atoms with E-state index in [2.05, 4.69) is 20.5 Å². The fourth-order valence-corrected chi connectivity index (χ4v) is 4.20. The maximum Gasteiger partial charge on any atom is 0.323 e. The molecule has 10 heteroatoms. The number of hydrogen-bond donors (Lipinski definition) is 2. The number of ether oxygens (including phenoxy) is 1. The van der Waals surface area contributed by atoms with Crippen molar-refractivity contribution in [3.8, 4) is 0 Å². The summed E-state index contributed by atoms with van der Waals surface area (Å²) >= 11 is 5.83. The molecule has 1 aromatic heterocycles. The molecule has 0 radical (unpaired) electrons. The fraction of sp³-hybridized carbons (Fsp3) is 0.148. The number of anilines is 3. The zero-order valence-electron chi connectivity index (χ0n) is 19.4. The molecule has 7 nitrogen and oxygen atoms in total. The van der Waals surface area contributed by atoms with Crippen molar-refractivity contribution in [3.63, 3.8) is 0 Å². The van der Waals surface area contributed by atoms with E-state index in [9.17, 15) is 14.0 Å². The average Bonchev–Trinajstić information content (AvgIpc) is 2.91. The minimum Gasteiger partial charge on any atom is -0.378 e. The smallest absolute Gasteiger partial charge is 0.323 e. The van der Waals surface area contributed by atoms with Crippen molar-refractivity contribution < 1.29 is 23.1 Å². The third kappa shape index (κ3) is 5.52. The van der Waals surface area contributed by atoms with Gasteiger partial charge in [0.1, 0.15) is 5.82 Å². The Morgan fingerprint density at radius 2 is 1.70 bits per heavy atom. The highest BCUT2D eigenvalue weighted by Gasteiger charge is 2.21. The average molecular weight is 523 g/mol. The number of halogens is 3. The van der Waals surface area contributed by atoms with Gasteiger partial charge in [-0.25, -0.2) is 13.6 Å². The van der Waals surface area contributed by atoms with Crippen LogP contribution in [-0.2, 0) is 4.74 Å². The van der Waals surface area contributed by atoms with E-state index in [0.29, 0.717) is 34.8 Å². The Morgan fingerprint density at radius 1 is 0.946 bits per heavy atom. The van der Waals surface area contributed by atoms with E-state index in [1.807, 2.05) is 6.07 Å². The van der Waals surface area contributed by atoms with Gasteiger partial charge in [-0.15, -0.1) is 0 Å². The van der Waals surface area contributed by atoms with Crippen molar-refractivity contribution in [1.29, 1.82) is 0 Å². The van der Waals surface area contributed by atoms with Crippen molar-refractivity contribution in [2.75, 3.05) is 41.8 Å². The van der Waals surface area contributed by atoms with Gasteiger partial charge in [-0.05, 0) is 54.6 Å². The van der Waals surface area contributed by atoms with Gasteiger partial charge in [0.05, 0.1) is 41.9 Å². The Hall–Kier alpha value is -4.08. The molecule has 0 aliphatic carbocycles. The maximum absolute atomic E-state index is 15.3. The third-order valence-corrected chi connectivity index (χ3v) is 6.19. The highest BCUT2D eigenvalue weighted by molar-refractivity contribution is 6.30. The van der Waals surface area contributed by atoms with Gasteiger partial charge >= 0.3 is 6.03 Å². The molecule has 5 rings (SSSR count). The number of benzene rings is 3. The van der Waals surface area contributed by atoms with E-state index in [1.54, 1.807) is 42.6 Å². The number of ketones is 1. The van der Waals surface area contributed by atoms with E-state index in [1.165, 1.54) is 6.07 Å². The molecule has 1 aliphatic rings. The van der Waals surface area contributed by atoms with Crippen LogP contribution in [0.15, 0.2) is 66.9 Å². The molecule has 1 fully saturated rings. The standard InChI is InChI=1S/C27H21ClF2N4O3/c28-18-2-4-20(5-3-18)32-27(36)33-24-14-19(29)13-22(25(24)30)26(35)16-1-6-23-17(11-16)12-21(15-31-23)34-7-9-37-10-8-34/h1-6,11-15H,7-10H2,(H2,32,33,36). The number of aromatic nitrogens is 1. The normalized spacial score (nSPS) is 13.4. The summed E-state index contributed by atoms with van der Waals surface area (Å²) in [7, 11) is 0. The van der Waals surface area contributed by atoms with E-state index in [0.717, 1.165) is 30.9 Å². The molecule has 188 valence electrons. The summed E-state index contributed by atoms with van der Waals surface area (Å²) in [6.45, 7) is 2.68. The molecule has 0 unspecified atom stereocenters. The van der Waals surface area contributed by atoms with Gasteiger partial charge < -0.3 is 20.3 Å². The molecule has 0 spiro atoms. The molecule has 0 bridgehead atoms. The van der Waals surface area contributed by atoms with Gasteiger partial charge in [0.15, 0.2) is 11.6 Å². The molecular formula is C27H21ClF2N4O3. The summed E-state index contributed by atoms with van der Waals surface area (Å²) < 4.78 is 35.1. The number of morpholine rings is 1. The van der Waals surface area contributed by atoms with Crippen molar-refractivity contribution in [2.45, 2.75) is 0 Å². The van der Waals surface area contributed by atoms with Crippen LogP contribution < -0.4 is 15.5 Å². The number of amides is 2. The lowest BCUT2D eigenvalue weighted by molar-refractivity contribution is 0.103. The SMILES string of the molecule is O=C(Nc1ccc(Cl)cc1)Nc1cc(F)cc(C(=O)c2ccc3ncc(N4CCOCC4)cc3c2)c1F. The van der Waals surface area contributed by atoms with E-state index in [4.69, 9.17) is 16.3 Å². The van der Waals surface area contributed by atoms with Crippen molar-refractivity contribution >= 4 is 51.4 Å². The molecule has 4 aromatic rings. The van der Waals surface area contributed by atoms with Crippen LogP contribution in [0.5, 0.6) is 0 Å². The summed E-state index contributed by atoms with van der Waals surface area (Å²) in [5.74, 6) is -2.64. The molecule has 2 amide bonds. The number of pyridine rings is 1. The van der Waals surface area contributed by atoms with Gasteiger partial charge in [0, 0.05) is 40.8 Å². The van der Waals surface area contributed by atoms with Gasteiger partial charge in [-0.3, -0.25) is 9.78 Å². The fourth-order valence-electron chi connectivity index (χ4n) is 4.07. The molecule has 37 heavy (non-hydrogen) atoms. The molecule has 0 atom stereocenters. The molecular weight excluding hydrogens is 502 g/mol. The Morgan fingerprint density at radius 3 is 2.46 bits per heavy atom. The van der Waals surface area contributed by atoms with Crippen LogP contribution in [0.2, 0.25) is 5.02 Å². The minimum atomic E-state index is -1.04. The van der Waals surface area contributed by atoms with E-state index < -0.39 is 34.7 Å². The monoisotopic (exact) mass is 522 g/mol. The topological polar surface area (TPSA) is 83.6 Å². The highest BCUT2D eigenvalue weighted by Crippen LogP contribution is 2.26. The largest absolute Gasteiger partial charge is 0.378 e. The van der Waals surface area contributed by atoms with Crippen molar-refractivity contribution in [1.82, 2.24) is 4.98 Å². The molecule has 1 aliphatic heterocycles. The van der Waals surface area contributed by atoms with Crippen LogP contribution in [0, 0.1) is 11.6 Å². The number of urea groups is 1. The van der Waals surface area contributed by atoms with Gasteiger partial charge in [0.2, 0.25) is 0 Å². The Kier molecular flexibility index (Phi) is 6.98. The summed E-state index contributed by atoms with van der Waals surface area (Å²) in [6, 6.07) is 13.7. The summed E-state index contributed by atoms with van der Waals surface area (Å²) in [5, 5.41) is 5.92. The number of hydrogen-bond acceptors (Lipinski definition) is 5. The minimum absolute atomic E-state index is 0.162. The number of nitrogens with one attached hydrogen (secondary N) is 2. The van der Waals surface area contributed by atoms with Crippen LogP contribution in [0.3, 0.4) is 0 Å². The number of carbonyl (C=O) groups excluding carboxylic acids is 2. The number of rotatable bonds is 5. The maximum atomic E-state index is 15.3. The van der Waals surface area contributed by atoms with Crippen LogP contribution in [-0.4, -0.2) is 43.1 Å². The lowest BCUT2D eigenvalue weighted by Gasteiger charge is -2.28. The van der Waals surface area contributed by atoms with Crippen molar-refractivity contribution in [3.05, 3.63) is 94.6 Å². The Balaban J connectivity index is 1.40. The lowest BCUT2D eigenvalue weighted by atomic mass is 10.00. The number of nitrogens with zero attached hydrogens (tertiary/aromatic N) is 2. The zero-order chi connectivity index (χ0) is 25.9. The number of carbonyl (C=O) groups is 2. The van der Waals surface area contributed by atoms with Crippen LogP contribution in [0.1, 0.15) is 15.9 Å². The second-order valence-electron chi connectivity index (χ2n) is 8.43. The van der Waals surface area contributed by atoms with E-state index >= 15 is 4.39 Å². The van der Waals surface area contributed by atoms with Crippen LogP contribution >= 0.6 is 11.6 Å². The van der Waals surface area contributed by atoms with E-state index in [-0.39, 0.29) is 5.56 Å². The first-order valence-electron chi connectivity index (χ1n) is 11.5. The number of fused-ring (bicyclic) bond motifs is 1. The first kappa shape index (κ1) is 24.6. The molecule has 1 saturated heterocycles. The Labute approximate surface area is 216 Å². The second-order valence-corrected chi connectivity index (χ2v) is 8.87.